The van der Waals surface area contributed by atoms with Crippen molar-refractivity contribution in [2.45, 2.75) is 5.03 Å². The summed E-state index contributed by atoms with van der Waals surface area (Å²) >= 11 is 1.36. The minimum atomic E-state index is -0.147. The van der Waals surface area contributed by atoms with Gasteiger partial charge in [0.2, 0.25) is 5.91 Å². The number of methoxy groups -OCH3 is 2. The molecule has 0 bridgehead atoms. The van der Waals surface area contributed by atoms with Gasteiger partial charge < -0.3 is 19.8 Å². The number of aromatic nitrogens is 3. The molecule has 8 heteroatoms. The smallest absolute Gasteiger partial charge is 0.234 e. The molecule has 0 saturated carbocycles. The molecule has 0 fully saturated rings. The quantitative estimate of drug-likeness (QED) is 0.432. The number of thioether (sulfide) groups is 1. The summed E-state index contributed by atoms with van der Waals surface area (Å²) in [5.74, 6) is 2.05. The number of amides is 1. The van der Waals surface area contributed by atoms with E-state index in [4.69, 9.17) is 9.47 Å². The molecule has 7 nitrogen and oxygen atoms in total. The van der Waals surface area contributed by atoms with Gasteiger partial charge in [-0.05, 0) is 36.4 Å². The SMILES string of the molecule is COc1ccc(NC(=O)CSc2ccc(-c3nc4ccccc4[nH]3)cn2)c(OC)c1. The zero-order chi connectivity index (χ0) is 20.9. The highest BCUT2D eigenvalue weighted by molar-refractivity contribution is 7.99. The Balaban J connectivity index is 1.37. The molecule has 0 radical (unpaired) electrons. The molecule has 0 aliphatic rings. The summed E-state index contributed by atoms with van der Waals surface area (Å²) in [5, 5.41) is 3.61. The summed E-state index contributed by atoms with van der Waals surface area (Å²) in [6, 6.07) is 16.9. The highest BCUT2D eigenvalue weighted by Gasteiger charge is 2.11. The van der Waals surface area contributed by atoms with E-state index in [-0.39, 0.29) is 11.7 Å². The summed E-state index contributed by atoms with van der Waals surface area (Å²) in [4.78, 5) is 24.6. The summed E-state index contributed by atoms with van der Waals surface area (Å²) in [6.45, 7) is 0. The van der Waals surface area contributed by atoms with Gasteiger partial charge in [0.25, 0.3) is 0 Å². The van der Waals surface area contributed by atoms with E-state index in [1.54, 1.807) is 38.6 Å². The van der Waals surface area contributed by atoms with Gasteiger partial charge in [-0.15, -0.1) is 0 Å². The normalized spacial score (nSPS) is 10.7. The van der Waals surface area contributed by atoms with E-state index < -0.39 is 0 Å². The van der Waals surface area contributed by atoms with Crippen molar-refractivity contribution in [3.8, 4) is 22.9 Å². The predicted octanol–water partition coefficient (Wildman–Crippen LogP) is 4.37. The van der Waals surface area contributed by atoms with Gasteiger partial charge in [0, 0.05) is 17.8 Å². The Hall–Kier alpha value is -3.52. The molecule has 4 rings (SSSR count). The summed E-state index contributed by atoms with van der Waals surface area (Å²) in [5.41, 5.74) is 3.38. The predicted molar refractivity (Wildman–Crippen MR) is 118 cm³/mol. The highest BCUT2D eigenvalue weighted by atomic mass is 32.2. The number of rotatable bonds is 7. The Morgan fingerprint density at radius 3 is 2.70 bits per heavy atom. The summed E-state index contributed by atoms with van der Waals surface area (Å²) in [7, 11) is 3.13. The fraction of sp³-hybridized carbons (Fsp3) is 0.136. The number of carbonyl (C=O) groups is 1. The van der Waals surface area contributed by atoms with E-state index in [1.807, 2.05) is 36.4 Å². The number of para-hydroxylation sites is 2. The molecule has 0 saturated heterocycles. The summed E-state index contributed by atoms with van der Waals surface area (Å²) in [6.07, 6.45) is 1.75. The van der Waals surface area contributed by atoms with Crippen LogP contribution in [0.5, 0.6) is 11.5 Å². The number of ether oxygens (including phenoxy) is 2. The maximum atomic E-state index is 12.3. The van der Waals surface area contributed by atoms with E-state index in [0.717, 1.165) is 27.4 Å². The largest absolute Gasteiger partial charge is 0.497 e. The first-order valence-electron chi connectivity index (χ1n) is 9.22. The Kier molecular flexibility index (Phi) is 5.85. The maximum Gasteiger partial charge on any atom is 0.234 e. The zero-order valence-electron chi connectivity index (χ0n) is 16.5. The van der Waals surface area contributed by atoms with E-state index in [2.05, 4.69) is 20.3 Å². The fourth-order valence-corrected chi connectivity index (χ4v) is 3.57. The van der Waals surface area contributed by atoms with Crippen molar-refractivity contribution < 1.29 is 14.3 Å². The van der Waals surface area contributed by atoms with E-state index in [1.165, 1.54) is 11.8 Å². The Bertz CT molecular complexity index is 1140. The number of imidazole rings is 1. The van der Waals surface area contributed by atoms with Crippen LogP contribution in [-0.4, -0.2) is 40.8 Å². The fourth-order valence-electron chi connectivity index (χ4n) is 2.92. The molecular formula is C22H20N4O3S. The molecule has 2 aromatic heterocycles. The van der Waals surface area contributed by atoms with E-state index in [9.17, 15) is 4.79 Å². The number of pyridine rings is 1. The molecule has 4 aromatic rings. The van der Waals surface area contributed by atoms with E-state index in [0.29, 0.717) is 17.2 Å². The lowest BCUT2D eigenvalue weighted by Gasteiger charge is -2.11. The second-order valence-corrected chi connectivity index (χ2v) is 7.39. The van der Waals surface area contributed by atoms with Crippen LogP contribution in [0.3, 0.4) is 0 Å². The summed E-state index contributed by atoms with van der Waals surface area (Å²) < 4.78 is 10.5. The van der Waals surface area contributed by atoms with Gasteiger partial charge in [0.05, 0.1) is 41.7 Å². The molecule has 2 aromatic carbocycles. The Morgan fingerprint density at radius 2 is 1.97 bits per heavy atom. The first-order chi connectivity index (χ1) is 14.7. The molecule has 0 aliphatic carbocycles. The van der Waals surface area contributed by atoms with Crippen LogP contribution in [0.2, 0.25) is 0 Å². The third kappa shape index (κ3) is 4.38. The first kappa shape index (κ1) is 19.8. The number of anilines is 1. The van der Waals surface area contributed by atoms with Crippen LogP contribution >= 0.6 is 11.8 Å². The van der Waals surface area contributed by atoms with Gasteiger partial charge in [-0.3, -0.25) is 4.79 Å². The average molecular weight is 420 g/mol. The van der Waals surface area contributed by atoms with Gasteiger partial charge in [-0.25, -0.2) is 9.97 Å². The topological polar surface area (TPSA) is 89.1 Å². The lowest BCUT2D eigenvalue weighted by Crippen LogP contribution is -2.14. The standard InChI is InChI=1S/C22H20N4O3S/c1-28-15-8-9-18(19(11-15)29-2)24-20(27)13-30-21-10-7-14(12-23-21)22-25-16-5-3-4-6-17(16)26-22/h3-12H,13H2,1-2H3,(H,24,27)(H,25,26). The minimum Gasteiger partial charge on any atom is -0.497 e. The number of aromatic amines is 1. The van der Waals surface area contributed by atoms with Gasteiger partial charge in [0.1, 0.15) is 17.3 Å². The van der Waals surface area contributed by atoms with Crippen molar-refractivity contribution >= 4 is 34.4 Å². The second kappa shape index (κ2) is 8.87. The van der Waals surface area contributed by atoms with Crippen LogP contribution in [0, 0.1) is 0 Å². The molecule has 30 heavy (non-hydrogen) atoms. The van der Waals surface area contributed by atoms with Gasteiger partial charge in [-0.2, -0.15) is 0 Å². The van der Waals surface area contributed by atoms with Crippen LogP contribution in [0.15, 0.2) is 65.8 Å². The first-order valence-corrected chi connectivity index (χ1v) is 10.2. The van der Waals surface area contributed by atoms with Gasteiger partial charge >= 0.3 is 0 Å². The van der Waals surface area contributed by atoms with Crippen molar-refractivity contribution in [1.82, 2.24) is 15.0 Å². The van der Waals surface area contributed by atoms with Crippen molar-refractivity contribution in [1.29, 1.82) is 0 Å². The number of H-pyrrole nitrogens is 1. The monoisotopic (exact) mass is 420 g/mol. The van der Waals surface area contributed by atoms with E-state index >= 15 is 0 Å². The van der Waals surface area contributed by atoms with Crippen LogP contribution < -0.4 is 14.8 Å². The molecule has 0 aliphatic heterocycles. The number of hydrogen-bond donors (Lipinski definition) is 2. The third-order valence-electron chi connectivity index (χ3n) is 4.43. The highest BCUT2D eigenvalue weighted by Crippen LogP contribution is 2.29. The number of benzene rings is 2. The molecule has 2 N–H and O–H groups in total. The van der Waals surface area contributed by atoms with Gasteiger partial charge in [-0.1, -0.05) is 23.9 Å². The lowest BCUT2D eigenvalue weighted by atomic mass is 10.2. The van der Waals surface area contributed by atoms with Crippen molar-refractivity contribution in [3.05, 3.63) is 60.8 Å². The Morgan fingerprint density at radius 1 is 1.10 bits per heavy atom. The van der Waals surface area contributed by atoms with Crippen LogP contribution in [-0.2, 0) is 4.79 Å². The number of nitrogens with one attached hydrogen (secondary N) is 2. The zero-order valence-corrected chi connectivity index (χ0v) is 17.3. The minimum absolute atomic E-state index is 0.147. The molecule has 2 heterocycles. The lowest BCUT2D eigenvalue weighted by molar-refractivity contribution is -0.113. The number of nitrogens with zero attached hydrogens (tertiary/aromatic N) is 2. The molecule has 152 valence electrons. The third-order valence-corrected chi connectivity index (χ3v) is 5.38. The van der Waals surface area contributed by atoms with Crippen LogP contribution in [0.25, 0.3) is 22.4 Å². The maximum absolute atomic E-state index is 12.3. The average Bonchev–Trinajstić information content (AvgIpc) is 3.22. The molecule has 0 spiro atoms. The second-order valence-electron chi connectivity index (χ2n) is 6.39. The molecule has 1 amide bonds. The van der Waals surface area contributed by atoms with Crippen LogP contribution in [0.1, 0.15) is 0 Å². The van der Waals surface area contributed by atoms with Crippen LogP contribution in [0.4, 0.5) is 5.69 Å². The van der Waals surface area contributed by atoms with Gasteiger partial charge in [0.15, 0.2) is 0 Å². The van der Waals surface area contributed by atoms with Crippen molar-refractivity contribution in [2.24, 2.45) is 0 Å². The van der Waals surface area contributed by atoms with Crippen molar-refractivity contribution in [2.75, 3.05) is 25.3 Å². The number of fused-ring (bicyclic) bond motifs is 1. The number of carbonyl (C=O) groups excluding carboxylic acids is 1. The number of hydrogen-bond acceptors (Lipinski definition) is 6. The van der Waals surface area contributed by atoms with Crippen molar-refractivity contribution in [3.63, 3.8) is 0 Å². The molecule has 0 unspecified atom stereocenters. The Labute approximate surface area is 177 Å². The molecule has 0 atom stereocenters. The molecular weight excluding hydrogens is 400 g/mol.